The highest BCUT2D eigenvalue weighted by atomic mass is 32.1. The summed E-state index contributed by atoms with van der Waals surface area (Å²) in [5.41, 5.74) is 2.80. The van der Waals surface area contributed by atoms with Crippen molar-refractivity contribution in [3.8, 4) is 11.5 Å². The Morgan fingerprint density at radius 2 is 1.73 bits per heavy atom. The van der Waals surface area contributed by atoms with Crippen LogP contribution in [0.4, 0.5) is 11.5 Å². The van der Waals surface area contributed by atoms with E-state index in [1.807, 2.05) is 36.4 Å². The summed E-state index contributed by atoms with van der Waals surface area (Å²) in [6, 6.07) is 22.0. The van der Waals surface area contributed by atoms with Crippen molar-refractivity contribution < 1.29 is 14.3 Å². The maximum Gasteiger partial charge on any atom is 0.228 e. The third kappa shape index (κ3) is 5.87. The molecule has 37 heavy (non-hydrogen) atoms. The van der Waals surface area contributed by atoms with Gasteiger partial charge in [-0.25, -0.2) is 0 Å². The van der Waals surface area contributed by atoms with Crippen molar-refractivity contribution in [3.63, 3.8) is 0 Å². The van der Waals surface area contributed by atoms with Gasteiger partial charge in [0, 0.05) is 49.4 Å². The van der Waals surface area contributed by atoms with Gasteiger partial charge in [0.15, 0.2) is 0 Å². The molecule has 0 spiro atoms. The molecule has 1 aromatic heterocycles. The number of carbonyl (C=O) groups is 1. The Balaban J connectivity index is 1.17. The molecule has 1 amide bonds. The third-order valence-electron chi connectivity index (χ3n) is 6.86. The van der Waals surface area contributed by atoms with Crippen LogP contribution in [-0.2, 0) is 17.6 Å². The average Bonchev–Trinajstić information content (AvgIpc) is 3.37. The molecular formula is C29H32N4O3S. The molecule has 0 bridgehead atoms. The lowest BCUT2D eigenvalue weighted by molar-refractivity contribution is -0.115. The maximum atomic E-state index is 12.9. The fourth-order valence-corrected chi connectivity index (χ4v) is 5.61. The van der Waals surface area contributed by atoms with Crippen LogP contribution in [0.2, 0.25) is 0 Å². The topological polar surface area (TPSA) is 66.9 Å². The lowest BCUT2D eigenvalue weighted by Crippen LogP contribution is -2.47. The van der Waals surface area contributed by atoms with Gasteiger partial charge in [0.25, 0.3) is 0 Å². The molecule has 2 heterocycles. The summed E-state index contributed by atoms with van der Waals surface area (Å²) in [7, 11) is 3.22. The molecule has 7 nitrogen and oxygen atoms in total. The molecule has 0 unspecified atom stereocenters. The smallest absolute Gasteiger partial charge is 0.228 e. The second kappa shape index (κ2) is 11.6. The Morgan fingerprint density at radius 3 is 2.54 bits per heavy atom. The number of benzene rings is 3. The third-order valence-corrected chi connectivity index (χ3v) is 7.67. The number of methoxy groups -OCH3 is 2. The fourth-order valence-electron chi connectivity index (χ4n) is 4.81. The zero-order valence-corrected chi connectivity index (χ0v) is 22.1. The molecule has 0 saturated carbocycles. The highest BCUT2D eigenvalue weighted by Crippen LogP contribution is 2.30. The van der Waals surface area contributed by atoms with Crippen molar-refractivity contribution in [2.75, 3.05) is 57.2 Å². The second-order valence-electron chi connectivity index (χ2n) is 9.14. The largest absolute Gasteiger partial charge is 0.497 e. The second-order valence-corrected chi connectivity index (χ2v) is 9.95. The number of piperazine rings is 1. The summed E-state index contributed by atoms with van der Waals surface area (Å²) in [4.78, 5) is 17.8. The Kier molecular flexibility index (Phi) is 7.87. The van der Waals surface area contributed by atoms with Crippen LogP contribution in [0.25, 0.3) is 10.1 Å². The van der Waals surface area contributed by atoms with Gasteiger partial charge in [0.1, 0.15) is 17.3 Å². The lowest BCUT2D eigenvalue weighted by Gasteiger charge is -2.35. The summed E-state index contributed by atoms with van der Waals surface area (Å²) in [5, 5.41) is 4.36. The van der Waals surface area contributed by atoms with Gasteiger partial charge >= 0.3 is 0 Å². The SMILES string of the molecule is COc1ccc(OC)c(CC(=O)Nc2ccccc2CCN2CCN(c3nsc4ccccc34)CC2)c1. The summed E-state index contributed by atoms with van der Waals surface area (Å²) in [6.45, 7) is 4.87. The van der Waals surface area contributed by atoms with Crippen molar-refractivity contribution in [3.05, 3.63) is 77.9 Å². The number of hydrogen-bond donors (Lipinski definition) is 1. The van der Waals surface area contributed by atoms with Gasteiger partial charge in [-0.2, -0.15) is 4.37 Å². The monoisotopic (exact) mass is 516 g/mol. The summed E-state index contributed by atoms with van der Waals surface area (Å²) in [5.74, 6) is 2.41. The van der Waals surface area contributed by atoms with E-state index in [1.54, 1.807) is 25.8 Å². The van der Waals surface area contributed by atoms with E-state index in [2.05, 4.69) is 45.4 Å². The zero-order valence-electron chi connectivity index (χ0n) is 21.3. The van der Waals surface area contributed by atoms with Crippen LogP contribution in [0.1, 0.15) is 11.1 Å². The number of nitrogens with zero attached hydrogens (tertiary/aromatic N) is 3. The van der Waals surface area contributed by atoms with Gasteiger partial charge in [0.05, 0.1) is 25.3 Å². The van der Waals surface area contributed by atoms with Crippen molar-refractivity contribution in [2.45, 2.75) is 12.8 Å². The van der Waals surface area contributed by atoms with E-state index in [1.165, 1.54) is 10.1 Å². The predicted molar refractivity (Wildman–Crippen MR) is 150 cm³/mol. The molecule has 0 aliphatic carbocycles. The van der Waals surface area contributed by atoms with Crippen LogP contribution in [-0.4, -0.2) is 62.1 Å². The first kappa shape index (κ1) is 25.0. The minimum Gasteiger partial charge on any atom is -0.497 e. The van der Waals surface area contributed by atoms with Crippen molar-refractivity contribution in [1.29, 1.82) is 0 Å². The summed E-state index contributed by atoms with van der Waals surface area (Å²) < 4.78 is 16.7. The number of aromatic nitrogens is 1. The van der Waals surface area contributed by atoms with E-state index in [0.717, 1.165) is 61.8 Å². The zero-order chi connectivity index (χ0) is 25.6. The molecule has 5 rings (SSSR count). The molecule has 0 radical (unpaired) electrons. The molecule has 192 valence electrons. The molecule has 3 aromatic carbocycles. The number of para-hydroxylation sites is 1. The first-order valence-electron chi connectivity index (χ1n) is 12.5. The van der Waals surface area contributed by atoms with E-state index in [0.29, 0.717) is 11.5 Å². The van der Waals surface area contributed by atoms with E-state index in [9.17, 15) is 4.79 Å². The lowest BCUT2D eigenvalue weighted by atomic mass is 10.1. The number of amides is 1. The normalized spacial score (nSPS) is 14.1. The Labute approximate surface area is 221 Å². The molecule has 1 fully saturated rings. The number of hydrogen-bond acceptors (Lipinski definition) is 7. The predicted octanol–water partition coefficient (Wildman–Crippen LogP) is 4.86. The molecule has 4 aromatic rings. The number of fused-ring (bicyclic) bond motifs is 1. The van der Waals surface area contributed by atoms with E-state index < -0.39 is 0 Å². The molecule has 0 atom stereocenters. The highest BCUT2D eigenvalue weighted by molar-refractivity contribution is 7.13. The van der Waals surface area contributed by atoms with Crippen LogP contribution in [0.15, 0.2) is 66.7 Å². The maximum absolute atomic E-state index is 12.9. The number of ether oxygens (including phenoxy) is 2. The van der Waals surface area contributed by atoms with Gasteiger partial charge in [0.2, 0.25) is 5.91 Å². The van der Waals surface area contributed by atoms with Crippen LogP contribution in [0.3, 0.4) is 0 Å². The molecule has 1 N–H and O–H groups in total. The van der Waals surface area contributed by atoms with Crippen LogP contribution in [0.5, 0.6) is 11.5 Å². The molecular weight excluding hydrogens is 484 g/mol. The van der Waals surface area contributed by atoms with Crippen molar-refractivity contribution in [2.24, 2.45) is 0 Å². The number of anilines is 2. The van der Waals surface area contributed by atoms with E-state index in [4.69, 9.17) is 13.8 Å². The van der Waals surface area contributed by atoms with E-state index >= 15 is 0 Å². The quantitative estimate of drug-likeness (QED) is 0.343. The number of rotatable bonds is 9. The highest BCUT2D eigenvalue weighted by Gasteiger charge is 2.21. The van der Waals surface area contributed by atoms with Crippen LogP contribution < -0.4 is 19.7 Å². The molecule has 1 saturated heterocycles. The van der Waals surface area contributed by atoms with Gasteiger partial charge < -0.3 is 19.7 Å². The Bertz CT molecular complexity index is 1360. The van der Waals surface area contributed by atoms with Crippen LogP contribution >= 0.6 is 11.5 Å². The van der Waals surface area contributed by atoms with Gasteiger partial charge in [-0.05, 0) is 59.9 Å². The van der Waals surface area contributed by atoms with Gasteiger partial charge in [-0.15, -0.1) is 0 Å². The summed E-state index contributed by atoms with van der Waals surface area (Å²) >= 11 is 1.57. The standard InChI is InChI=1S/C29H32N4O3S/c1-35-23-11-12-26(36-2)22(19-23)20-28(34)30-25-9-5-3-7-21(25)13-14-32-15-17-33(18-16-32)29-24-8-4-6-10-27(24)37-31-29/h3-12,19H,13-18,20H2,1-2H3,(H,30,34). The first-order valence-corrected chi connectivity index (χ1v) is 13.3. The number of nitrogens with one attached hydrogen (secondary N) is 1. The summed E-state index contributed by atoms with van der Waals surface area (Å²) in [6.07, 6.45) is 1.08. The van der Waals surface area contributed by atoms with Gasteiger partial charge in [-0.3, -0.25) is 9.69 Å². The van der Waals surface area contributed by atoms with Gasteiger partial charge in [-0.1, -0.05) is 30.3 Å². The minimum atomic E-state index is -0.0805. The molecule has 1 aliphatic rings. The minimum absolute atomic E-state index is 0.0805. The first-order chi connectivity index (χ1) is 18.1. The average molecular weight is 517 g/mol. The van der Waals surface area contributed by atoms with E-state index in [-0.39, 0.29) is 12.3 Å². The molecule has 8 heteroatoms. The van der Waals surface area contributed by atoms with Crippen LogP contribution in [0, 0.1) is 0 Å². The fraction of sp³-hybridized carbons (Fsp3) is 0.310. The number of carbonyl (C=O) groups excluding carboxylic acids is 1. The van der Waals surface area contributed by atoms with Crippen molar-refractivity contribution in [1.82, 2.24) is 9.27 Å². The Hall–Kier alpha value is -3.62. The Morgan fingerprint density at radius 1 is 0.946 bits per heavy atom. The molecule has 1 aliphatic heterocycles. The van der Waals surface area contributed by atoms with Crippen molar-refractivity contribution >= 4 is 39.0 Å².